The highest BCUT2D eigenvalue weighted by Gasteiger charge is 2.46. The fraction of sp³-hybridized carbons (Fsp3) is 0.190. The van der Waals surface area contributed by atoms with Crippen LogP contribution in [0.5, 0.6) is 0 Å². The molecule has 3 rings (SSSR count). The first-order valence-corrected chi connectivity index (χ1v) is 9.96. The minimum absolute atomic E-state index is 0.0936. The van der Waals surface area contributed by atoms with E-state index in [0.717, 1.165) is 9.37 Å². The molecule has 1 aliphatic heterocycles. The number of halogens is 2. The number of hydrogen-bond acceptors (Lipinski definition) is 5. The SMILES string of the molecule is CCOC(=O)CN1C(=O)C(=O)C(=C(O)c2ccc(Cl)cc2)C1c1ccc(Br)cc1. The van der Waals surface area contributed by atoms with Crippen molar-refractivity contribution in [3.05, 3.63) is 74.7 Å². The van der Waals surface area contributed by atoms with Gasteiger partial charge in [0.05, 0.1) is 18.2 Å². The lowest BCUT2D eigenvalue weighted by molar-refractivity contribution is -0.149. The van der Waals surface area contributed by atoms with Gasteiger partial charge in [-0.1, -0.05) is 39.7 Å². The van der Waals surface area contributed by atoms with Gasteiger partial charge >= 0.3 is 5.97 Å². The Kier molecular flexibility index (Phi) is 6.39. The summed E-state index contributed by atoms with van der Waals surface area (Å²) in [6, 6.07) is 12.2. The summed E-state index contributed by atoms with van der Waals surface area (Å²) in [5.74, 6) is -2.71. The van der Waals surface area contributed by atoms with E-state index in [1.165, 1.54) is 0 Å². The monoisotopic (exact) mass is 477 g/mol. The summed E-state index contributed by atoms with van der Waals surface area (Å²) < 4.78 is 5.75. The van der Waals surface area contributed by atoms with Crippen LogP contribution < -0.4 is 0 Å². The molecule has 0 aliphatic carbocycles. The zero-order chi connectivity index (χ0) is 21.1. The number of ketones is 1. The van der Waals surface area contributed by atoms with E-state index in [0.29, 0.717) is 16.1 Å². The maximum Gasteiger partial charge on any atom is 0.325 e. The molecule has 8 heteroatoms. The van der Waals surface area contributed by atoms with E-state index < -0.39 is 30.2 Å². The van der Waals surface area contributed by atoms with Gasteiger partial charge in [-0.05, 0) is 48.9 Å². The number of aliphatic hydroxyl groups is 1. The number of ether oxygens (including phenoxy) is 1. The molecule has 29 heavy (non-hydrogen) atoms. The molecular weight excluding hydrogens is 462 g/mol. The highest BCUT2D eigenvalue weighted by atomic mass is 79.9. The van der Waals surface area contributed by atoms with Crippen LogP contribution in [0, 0.1) is 0 Å². The van der Waals surface area contributed by atoms with Crippen LogP contribution in [0.15, 0.2) is 58.6 Å². The fourth-order valence-corrected chi connectivity index (χ4v) is 3.53. The third-order valence-corrected chi connectivity index (χ3v) is 5.23. The smallest absolute Gasteiger partial charge is 0.325 e. The molecule has 1 unspecified atom stereocenters. The lowest BCUT2D eigenvalue weighted by atomic mass is 9.95. The summed E-state index contributed by atoms with van der Waals surface area (Å²) in [5, 5.41) is 11.3. The van der Waals surface area contributed by atoms with Crippen molar-refractivity contribution in [2.45, 2.75) is 13.0 Å². The van der Waals surface area contributed by atoms with Gasteiger partial charge in [-0.25, -0.2) is 0 Å². The van der Waals surface area contributed by atoms with E-state index >= 15 is 0 Å². The fourth-order valence-electron chi connectivity index (χ4n) is 3.14. The standard InChI is InChI=1S/C21H17BrClNO5/c1-2-29-16(25)11-24-18(12-3-7-14(22)8-4-12)17(20(27)21(24)28)19(26)13-5-9-15(23)10-6-13/h3-10,18,26H,2,11H2,1H3. The van der Waals surface area contributed by atoms with Gasteiger partial charge in [0.1, 0.15) is 12.3 Å². The zero-order valence-electron chi connectivity index (χ0n) is 15.4. The lowest BCUT2D eigenvalue weighted by Gasteiger charge is -2.24. The third-order valence-electron chi connectivity index (χ3n) is 4.45. The normalized spacial score (nSPS) is 18.2. The van der Waals surface area contributed by atoms with Crippen molar-refractivity contribution in [2.24, 2.45) is 0 Å². The molecule has 1 amide bonds. The Morgan fingerprint density at radius 1 is 1.14 bits per heavy atom. The van der Waals surface area contributed by atoms with Gasteiger partial charge < -0.3 is 14.7 Å². The van der Waals surface area contributed by atoms with Gasteiger partial charge in [0.2, 0.25) is 0 Å². The number of aliphatic hydroxyl groups excluding tert-OH is 1. The van der Waals surface area contributed by atoms with Crippen LogP contribution in [-0.2, 0) is 19.1 Å². The number of carbonyl (C=O) groups is 3. The summed E-state index contributed by atoms with van der Waals surface area (Å²) in [4.78, 5) is 38.6. The van der Waals surface area contributed by atoms with Crippen molar-refractivity contribution in [3.63, 3.8) is 0 Å². The number of Topliss-reactive ketones (excluding diaryl/α,β-unsaturated/α-hetero) is 1. The van der Waals surface area contributed by atoms with Crippen molar-refractivity contribution in [2.75, 3.05) is 13.2 Å². The highest BCUT2D eigenvalue weighted by Crippen LogP contribution is 2.39. The number of amides is 1. The van der Waals surface area contributed by atoms with E-state index in [1.807, 2.05) is 0 Å². The Hall–Kier alpha value is -2.64. The van der Waals surface area contributed by atoms with Crippen molar-refractivity contribution in [3.8, 4) is 0 Å². The topological polar surface area (TPSA) is 83.9 Å². The average molecular weight is 479 g/mol. The number of hydrogen-bond donors (Lipinski definition) is 1. The summed E-state index contributed by atoms with van der Waals surface area (Å²) in [7, 11) is 0. The van der Waals surface area contributed by atoms with Crippen molar-refractivity contribution in [1.29, 1.82) is 0 Å². The number of likely N-dealkylation sites (tertiary alicyclic amines) is 1. The van der Waals surface area contributed by atoms with E-state index in [-0.39, 0.29) is 17.9 Å². The molecule has 0 spiro atoms. The van der Waals surface area contributed by atoms with Gasteiger partial charge in [0.15, 0.2) is 0 Å². The molecule has 1 saturated heterocycles. The first-order chi connectivity index (χ1) is 13.8. The predicted octanol–water partition coefficient (Wildman–Crippen LogP) is 4.09. The Labute approximate surface area is 180 Å². The second-order valence-corrected chi connectivity index (χ2v) is 7.64. The molecule has 2 aromatic carbocycles. The van der Waals surface area contributed by atoms with Crippen molar-refractivity contribution < 1.29 is 24.2 Å². The lowest BCUT2D eigenvalue weighted by Crippen LogP contribution is -2.35. The molecular formula is C21H17BrClNO5. The first-order valence-electron chi connectivity index (χ1n) is 8.79. The minimum atomic E-state index is -0.928. The van der Waals surface area contributed by atoms with E-state index in [9.17, 15) is 19.5 Å². The molecule has 150 valence electrons. The number of nitrogens with zero attached hydrogens (tertiary/aromatic N) is 1. The number of esters is 1. The van der Waals surface area contributed by atoms with Gasteiger partial charge in [0.25, 0.3) is 11.7 Å². The van der Waals surface area contributed by atoms with Crippen LogP contribution in [0.25, 0.3) is 5.76 Å². The molecule has 6 nitrogen and oxygen atoms in total. The third kappa shape index (κ3) is 4.36. The number of carbonyl (C=O) groups excluding carboxylic acids is 3. The van der Waals surface area contributed by atoms with Gasteiger partial charge in [-0.15, -0.1) is 0 Å². The summed E-state index contributed by atoms with van der Waals surface area (Å²) in [6.07, 6.45) is 0. The Balaban J connectivity index is 2.14. The largest absolute Gasteiger partial charge is 0.507 e. The van der Waals surface area contributed by atoms with Gasteiger partial charge in [0, 0.05) is 15.1 Å². The maximum atomic E-state index is 12.8. The summed E-state index contributed by atoms with van der Waals surface area (Å²) in [5.41, 5.74) is 0.821. The number of rotatable bonds is 5. The zero-order valence-corrected chi connectivity index (χ0v) is 17.7. The molecule has 0 bridgehead atoms. The first kappa shape index (κ1) is 21.1. The molecule has 1 fully saturated rings. The van der Waals surface area contributed by atoms with Crippen LogP contribution in [0.4, 0.5) is 0 Å². The molecule has 0 aromatic heterocycles. The molecule has 0 radical (unpaired) electrons. The number of benzene rings is 2. The Morgan fingerprint density at radius 2 is 1.76 bits per heavy atom. The van der Waals surface area contributed by atoms with E-state index in [4.69, 9.17) is 16.3 Å². The molecule has 1 aliphatic rings. The van der Waals surface area contributed by atoms with Crippen LogP contribution >= 0.6 is 27.5 Å². The van der Waals surface area contributed by atoms with Crippen molar-refractivity contribution >= 4 is 50.9 Å². The quantitative estimate of drug-likeness (QED) is 0.303. The maximum absolute atomic E-state index is 12.8. The Bertz CT molecular complexity index is 985. The van der Waals surface area contributed by atoms with Crippen molar-refractivity contribution in [1.82, 2.24) is 4.90 Å². The predicted molar refractivity (Wildman–Crippen MR) is 111 cm³/mol. The molecule has 1 heterocycles. The molecule has 2 aromatic rings. The van der Waals surface area contributed by atoms with Gasteiger partial charge in [-0.3, -0.25) is 14.4 Å². The average Bonchev–Trinajstić information content (AvgIpc) is 2.94. The van der Waals surface area contributed by atoms with E-state index in [1.54, 1.807) is 55.5 Å². The summed E-state index contributed by atoms with van der Waals surface area (Å²) in [6.45, 7) is 1.39. The van der Waals surface area contributed by atoms with Crippen LogP contribution in [0.1, 0.15) is 24.1 Å². The van der Waals surface area contributed by atoms with Crippen LogP contribution in [0.2, 0.25) is 5.02 Å². The molecule has 1 N–H and O–H groups in total. The molecule has 0 saturated carbocycles. The molecule has 1 atom stereocenters. The highest BCUT2D eigenvalue weighted by molar-refractivity contribution is 9.10. The van der Waals surface area contributed by atoms with Crippen LogP contribution in [-0.4, -0.2) is 40.8 Å². The minimum Gasteiger partial charge on any atom is -0.507 e. The van der Waals surface area contributed by atoms with Crippen LogP contribution in [0.3, 0.4) is 0 Å². The van der Waals surface area contributed by atoms with E-state index in [2.05, 4.69) is 15.9 Å². The van der Waals surface area contributed by atoms with Gasteiger partial charge in [-0.2, -0.15) is 0 Å². The second-order valence-electron chi connectivity index (χ2n) is 6.29. The summed E-state index contributed by atoms with van der Waals surface area (Å²) >= 11 is 9.24. The second kappa shape index (κ2) is 8.80. The Morgan fingerprint density at radius 3 is 2.34 bits per heavy atom.